The highest BCUT2D eigenvalue weighted by atomic mass is 16.5. The molecule has 27 heavy (non-hydrogen) atoms. The van der Waals surface area contributed by atoms with E-state index >= 15 is 0 Å². The summed E-state index contributed by atoms with van der Waals surface area (Å²) in [5.41, 5.74) is 1.19. The molecule has 3 N–H and O–H groups in total. The van der Waals surface area contributed by atoms with Crippen LogP contribution in [0.25, 0.3) is 0 Å². The number of para-hydroxylation sites is 2. The van der Waals surface area contributed by atoms with Gasteiger partial charge >= 0.3 is 0 Å². The second-order valence-electron chi connectivity index (χ2n) is 6.74. The number of carbonyl (C=O) groups is 1. The van der Waals surface area contributed by atoms with E-state index in [1.165, 1.54) is 4.90 Å². The number of aliphatic hydroxyl groups is 1. The first-order chi connectivity index (χ1) is 13.1. The predicted molar refractivity (Wildman–Crippen MR) is 108 cm³/mol. The molecule has 2 aromatic carbocycles. The molecule has 5 nitrogen and oxygen atoms in total. The summed E-state index contributed by atoms with van der Waals surface area (Å²) in [4.78, 5) is 14.0. The van der Waals surface area contributed by atoms with Gasteiger partial charge in [-0.1, -0.05) is 44.2 Å². The standard InChI is InChI=1S/C22H30N2O3/c1-3-14-24(15-4-2)16-19(25)17-27-21-13-9-8-12-20(21)22(26)23-18-10-6-5-7-11-18/h5-13,19,25H,3-4,14-17H2,1-2H3,(H,23,26)/p+1/t19-/m0/s1. The molecule has 2 rings (SSSR count). The van der Waals surface area contributed by atoms with Crippen LogP contribution in [0.4, 0.5) is 5.69 Å². The quantitative estimate of drug-likeness (QED) is 0.568. The average molecular weight is 372 g/mol. The van der Waals surface area contributed by atoms with Crippen LogP contribution in [0.5, 0.6) is 5.75 Å². The van der Waals surface area contributed by atoms with E-state index in [4.69, 9.17) is 4.74 Å². The van der Waals surface area contributed by atoms with Gasteiger partial charge in [0.2, 0.25) is 0 Å². The fourth-order valence-electron chi connectivity index (χ4n) is 3.11. The second kappa shape index (κ2) is 11.4. The lowest BCUT2D eigenvalue weighted by molar-refractivity contribution is -0.903. The summed E-state index contributed by atoms with van der Waals surface area (Å²) in [6, 6.07) is 16.4. The number of quaternary nitrogens is 1. The Morgan fingerprint density at radius 1 is 1.04 bits per heavy atom. The van der Waals surface area contributed by atoms with Gasteiger partial charge in [-0.3, -0.25) is 4.79 Å². The third kappa shape index (κ3) is 7.04. The number of aliphatic hydroxyl groups excluding tert-OH is 1. The molecule has 0 unspecified atom stereocenters. The Morgan fingerprint density at radius 2 is 1.67 bits per heavy atom. The minimum absolute atomic E-state index is 0.173. The van der Waals surface area contributed by atoms with Gasteiger partial charge in [-0.2, -0.15) is 0 Å². The summed E-state index contributed by atoms with van der Waals surface area (Å²) in [6.07, 6.45) is 1.61. The van der Waals surface area contributed by atoms with E-state index in [0.717, 1.165) is 31.6 Å². The van der Waals surface area contributed by atoms with Gasteiger partial charge in [-0.15, -0.1) is 0 Å². The number of hydrogen-bond acceptors (Lipinski definition) is 3. The predicted octanol–water partition coefficient (Wildman–Crippen LogP) is 2.38. The minimum atomic E-state index is -0.566. The Balaban J connectivity index is 1.95. The summed E-state index contributed by atoms with van der Waals surface area (Å²) in [5, 5.41) is 13.2. The SMILES string of the molecule is CCC[NH+](CCC)C[C@H](O)COc1ccccc1C(=O)Nc1ccccc1. The zero-order valence-corrected chi connectivity index (χ0v) is 16.3. The van der Waals surface area contributed by atoms with Crippen LogP contribution in [0.2, 0.25) is 0 Å². The molecule has 0 aliphatic heterocycles. The van der Waals surface area contributed by atoms with Crippen molar-refractivity contribution in [3.05, 3.63) is 60.2 Å². The smallest absolute Gasteiger partial charge is 0.259 e. The number of hydrogen-bond donors (Lipinski definition) is 3. The first-order valence-corrected chi connectivity index (χ1v) is 9.73. The maximum atomic E-state index is 12.6. The molecule has 1 amide bonds. The van der Waals surface area contributed by atoms with Crippen molar-refractivity contribution in [2.45, 2.75) is 32.8 Å². The van der Waals surface area contributed by atoms with E-state index in [1.807, 2.05) is 36.4 Å². The van der Waals surface area contributed by atoms with Crippen LogP contribution in [0.3, 0.4) is 0 Å². The lowest BCUT2D eigenvalue weighted by Crippen LogP contribution is -3.13. The van der Waals surface area contributed by atoms with Crippen molar-refractivity contribution in [1.29, 1.82) is 0 Å². The van der Waals surface area contributed by atoms with Crippen molar-refractivity contribution in [3.8, 4) is 5.75 Å². The van der Waals surface area contributed by atoms with Crippen molar-refractivity contribution in [1.82, 2.24) is 0 Å². The molecule has 5 heteroatoms. The Kier molecular flexibility index (Phi) is 8.81. The molecule has 0 aliphatic rings. The second-order valence-corrected chi connectivity index (χ2v) is 6.74. The van der Waals surface area contributed by atoms with E-state index in [0.29, 0.717) is 17.9 Å². The van der Waals surface area contributed by atoms with Crippen LogP contribution >= 0.6 is 0 Å². The highest BCUT2D eigenvalue weighted by Gasteiger charge is 2.17. The number of anilines is 1. The van der Waals surface area contributed by atoms with Gasteiger partial charge in [0.25, 0.3) is 5.91 Å². The minimum Gasteiger partial charge on any atom is -0.490 e. The van der Waals surface area contributed by atoms with Crippen molar-refractivity contribution >= 4 is 11.6 Å². The van der Waals surface area contributed by atoms with Crippen LogP contribution in [0, 0.1) is 0 Å². The van der Waals surface area contributed by atoms with E-state index in [-0.39, 0.29) is 12.5 Å². The van der Waals surface area contributed by atoms with Gasteiger partial charge in [0, 0.05) is 5.69 Å². The average Bonchev–Trinajstić information content (AvgIpc) is 2.68. The molecular weight excluding hydrogens is 340 g/mol. The number of amides is 1. The van der Waals surface area contributed by atoms with Crippen molar-refractivity contribution in [2.24, 2.45) is 0 Å². The largest absolute Gasteiger partial charge is 0.490 e. The topological polar surface area (TPSA) is 63.0 Å². The van der Waals surface area contributed by atoms with Gasteiger partial charge < -0.3 is 20.1 Å². The monoisotopic (exact) mass is 371 g/mol. The van der Waals surface area contributed by atoms with Gasteiger partial charge in [0.1, 0.15) is 25.0 Å². The van der Waals surface area contributed by atoms with E-state index in [1.54, 1.807) is 18.2 Å². The fourth-order valence-corrected chi connectivity index (χ4v) is 3.11. The molecule has 0 saturated carbocycles. The number of nitrogens with one attached hydrogen (secondary N) is 2. The molecule has 1 atom stereocenters. The first kappa shape index (κ1) is 20.9. The molecule has 0 spiro atoms. The van der Waals surface area contributed by atoms with Crippen molar-refractivity contribution < 1.29 is 19.5 Å². The van der Waals surface area contributed by atoms with Gasteiger partial charge in [-0.25, -0.2) is 0 Å². The Morgan fingerprint density at radius 3 is 2.33 bits per heavy atom. The van der Waals surface area contributed by atoms with Crippen LogP contribution < -0.4 is 15.0 Å². The molecular formula is C22H31N2O3+. The maximum Gasteiger partial charge on any atom is 0.259 e. The molecule has 146 valence electrons. The number of ether oxygens (including phenoxy) is 1. The molecule has 0 aliphatic carbocycles. The Hall–Kier alpha value is -2.37. The lowest BCUT2D eigenvalue weighted by Gasteiger charge is -2.22. The number of benzene rings is 2. The third-order valence-corrected chi connectivity index (χ3v) is 4.33. The third-order valence-electron chi connectivity index (χ3n) is 4.33. The Labute approximate surface area is 162 Å². The van der Waals surface area contributed by atoms with Crippen molar-refractivity contribution in [2.75, 3.05) is 31.6 Å². The van der Waals surface area contributed by atoms with E-state index < -0.39 is 6.10 Å². The molecule has 0 radical (unpaired) electrons. The molecule has 0 bridgehead atoms. The van der Waals surface area contributed by atoms with Gasteiger partial charge in [-0.05, 0) is 37.1 Å². The summed E-state index contributed by atoms with van der Waals surface area (Å²) in [6.45, 7) is 7.22. The highest BCUT2D eigenvalue weighted by molar-refractivity contribution is 6.06. The van der Waals surface area contributed by atoms with Gasteiger partial charge in [0.05, 0.1) is 18.7 Å². The van der Waals surface area contributed by atoms with Crippen molar-refractivity contribution in [3.63, 3.8) is 0 Å². The number of carbonyl (C=O) groups excluding carboxylic acids is 1. The van der Waals surface area contributed by atoms with E-state index in [2.05, 4.69) is 19.2 Å². The normalized spacial score (nSPS) is 12.0. The molecule has 2 aromatic rings. The lowest BCUT2D eigenvalue weighted by atomic mass is 10.2. The summed E-state index contributed by atoms with van der Waals surface area (Å²) in [7, 11) is 0. The summed E-state index contributed by atoms with van der Waals surface area (Å²) >= 11 is 0. The van der Waals surface area contributed by atoms with Crippen LogP contribution in [-0.4, -0.2) is 43.4 Å². The first-order valence-electron chi connectivity index (χ1n) is 9.73. The van der Waals surface area contributed by atoms with Crippen LogP contribution in [0.1, 0.15) is 37.0 Å². The molecule has 0 heterocycles. The number of rotatable bonds is 11. The summed E-state index contributed by atoms with van der Waals surface area (Å²) in [5.74, 6) is 0.257. The fraction of sp³-hybridized carbons (Fsp3) is 0.409. The van der Waals surface area contributed by atoms with Crippen LogP contribution in [0.15, 0.2) is 54.6 Å². The Bertz CT molecular complexity index is 685. The molecule has 0 fully saturated rings. The van der Waals surface area contributed by atoms with Gasteiger partial charge in [0.15, 0.2) is 0 Å². The highest BCUT2D eigenvalue weighted by Crippen LogP contribution is 2.20. The van der Waals surface area contributed by atoms with Crippen LogP contribution in [-0.2, 0) is 0 Å². The zero-order valence-electron chi connectivity index (χ0n) is 16.3. The maximum absolute atomic E-state index is 12.6. The molecule has 0 saturated heterocycles. The molecule has 0 aromatic heterocycles. The zero-order chi connectivity index (χ0) is 19.5. The summed E-state index contributed by atoms with van der Waals surface area (Å²) < 4.78 is 5.79. The van der Waals surface area contributed by atoms with E-state index in [9.17, 15) is 9.90 Å².